The van der Waals surface area contributed by atoms with E-state index in [0.717, 1.165) is 17.1 Å². The Hall–Kier alpha value is -2.28. The number of aryl methyl sites for hydroxylation is 1. The Balaban J connectivity index is 1.96. The largest absolute Gasteiger partial charge is 0.378 e. The minimum atomic E-state index is 0.458. The van der Waals surface area contributed by atoms with Crippen molar-refractivity contribution in [3.63, 3.8) is 0 Å². The fourth-order valence-electron chi connectivity index (χ4n) is 1.58. The SMILES string of the molecule is Cn1ccnc1CNc1ccc(CC#N)cc1. The Morgan fingerprint density at radius 2 is 2.12 bits per heavy atom. The molecule has 0 fully saturated rings. The van der Waals surface area contributed by atoms with Gasteiger partial charge in [-0.05, 0) is 17.7 Å². The summed E-state index contributed by atoms with van der Waals surface area (Å²) in [4.78, 5) is 4.24. The minimum Gasteiger partial charge on any atom is -0.378 e. The number of aromatic nitrogens is 2. The number of hydrogen-bond donors (Lipinski definition) is 1. The lowest BCUT2D eigenvalue weighted by atomic mass is 10.1. The number of imidazole rings is 1. The van der Waals surface area contributed by atoms with Gasteiger partial charge in [0.05, 0.1) is 19.0 Å². The van der Waals surface area contributed by atoms with Gasteiger partial charge in [-0.2, -0.15) is 5.26 Å². The van der Waals surface area contributed by atoms with E-state index in [4.69, 9.17) is 5.26 Å². The second-order valence-corrected chi connectivity index (χ2v) is 3.84. The molecule has 2 aromatic rings. The highest BCUT2D eigenvalue weighted by Gasteiger charge is 1.99. The summed E-state index contributed by atoms with van der Waals surface area (Å²) >= 11 is 0. The molecule has 0 unspecified atom stereocenters. The van der Waals surface area contributed by atoms with Crippen LogP contribution in [0.5, 0.6) is 0 Å². The number of nitrogens with zero attached hydrogens (tertiary/aromatic N) is 3. The number of nitrogens with one attached hydrogen (secondary N) is 1. The van der Waals surface area contributed by atoms with Crippen LogP contribution in [0.15, 0.2) is 36.7 Å². The third-order valence-electron chi connectivity index (χ3n) is 2.61. The van der Waals surface area contributed by atoms with Crippen molar-refractivity contribution in [3.8, 4) is 6.07 Å². The van der Waals surface area contributed by atoms with Crippen LogP contribution in [0.3, 0.4) is 0 Å². The van der Waals surface area contributed by atoms with Gasteiger partial charge < -0.3 is 9.88 Å². The average Bonchev–Trinajstić information content (AvgIpc) is 2.75. The Kier molecular flexibility index (Phi) is 3.41. The van der Waals surface area contributed by atoms with E-state index in [9.17, 15) is 0 Å². The van der Waals surface area contributed by atoms with Crippen LogP contribution in [0, 0.1) is 11.3 Å². The van der Waals surface area contributed by atoms with E-state index in [1.807, 2.05) is 42.1 Å². The molecule has 0 aliphatic carbocycles. The van der Waals surface area contributed by atoms with Crippen molar-refractivity contribution in [1.82, 2.24) is 9.55 Å². The molecule has 1 heterocycles. The van der Waals surface area contributed by atoms with Crippen LogP contribution >= 0.6 is 0 Å². The molecular formula is C13H14N4. The molecule has 2 rings (SSSR count). The Labute approximate surface area is 101 Å². The van der Waals surface area contributed by atoms with Crippen molar-refractivity contribution in [2.45, 2.75) is 13.0 Å². The summed E-state index contributed by atoms with van der Waals surface area (Å²) in [5, 5.41) is 11.9. The molecule has 1 aromatic heterocycles. The highest BCUT2D eigenvalue weighted by Crippen LogP contribution is 2.10. The van der Waals surface area contributed by atoms with Gasteiger partial charge in [-0.1, -0.05) is 12.1 Å². The van der Waals surface area contributed by atoms with Gasteiger partial charge in [0, 0.05) is 25.1 Å². The smallest absolute Gasteiger partial charge is 0.127 e. The molecule has 0 radical (unpaired) electrons. The minimum absolute atomic E-state index is 0.458. The molecule has 0 saturated carbocycles. The van der Waals surface area contributed by atoms with Crippen molar-refractivity contribution < 1.29 is 0 Å². The molecule has 0 aliphatic rings. The van der Waals surface area contributed by atoms with Gasteiger partial charge in [-0.15, -0.1) is 0 Å². The molecule has 0 aliphatic heterocycles. The summed E-state index contributed by atoms with van der Waals surface area (Å²) in [6, 6.07) is 10.0. The Bertz CT molecular complexity index is 519. The first-order valence-electron chi connectivity index (χ1n) is 5.45. The number of rotatable bonds is 4. The molecule has 0 amide bonds. The fourth-order valence-corrected chi connectivity index (χ4v) is 1.58. The molecule has 4 heteroatoms. The van der Waals surface area contributed by atoms with Crippen molar-refractivity contribution in [3.05, 3.63) is 48.0 Å². The molecule has 17 heavy (non-hydrogen) atoms. The second kappa shape index (κ2) is 5.17. The van der Waals surface area contributed by atoms with Crippen molar-refractivity contribution in [1.29, 1.82) is 5.26 Å². The van der Waals surface area contributed by atoms with Crippen LogP contribution in [0.2, 0.25) is 0 Å². The summed E-state index contributed by atoms with van der Waals surface area (Å²) in [7, 11) is 1.97. The summed E-state index contributed by atoms with van der Waals surface area (Å²) < 4.78 is 1.98. The lowest BCUT2D eigenvalue weighted by molar-refractivity contribution is 0.813. The van der Waals surface area contributed by atoms with Crippen LogP contribution in [0.25, 0.3) is 0 Å². The lowest BCUT2D eigenvalue weighted by Gasteiger charge is -2.06. The highest BCUT2D eigenvalue weighted by molar-refractivity contribution is 5.45. The van der Waals surface area contributed by atoms with Crippen molar-refractivity contribution in [2.75, 3.05) is 5.32 Å². The van der Waals surface area contributed by atoms with Crippen LogP contribution in [0.1, 0.15) is 11.4 Å². The van der Waals surface area contributed by atoms with Gasteiger partial charge in [-0.25, -0.2) is 4.98 Å². The van der Waals surface area contributed by atoms with Crippen molar-refractivity contribution >= 4 is 5.69 Å². The fraction of sp³-hybridized carbons (Fsp3) is 0.231. The zero-order valence-corrected chi connectivity index (χ0v) is 9.72. The molecule has 1 N–H and O–H groups in total. The van der Waals surface area contributed by atoms with Gasteiger partial charge in [0.15, 0.2) is 0 Å². The monoisotopic (exact) mass is 226 g/mol. The maximum absolute atomic E-state index is 8.57. The van der Waals surface area contributed by atoms with E-state index >= 15 is 0 Å². The van der Waals surface area contributed by atoms with E-state index in [1.165, 1.54) is 0 Å². The van der Waals surface area contributed by atoms with Gasteiger partial charge in [0.25, 0.3) is 0 Å². The topological polar surface area (TPSA) is 53.6 Å². The standard InChI is InChI=1S/C13H14N4/c1-17-9-8-15-13(17)10-16-12-4-2-11(3-5-12)6-7-14/h2-5,8-9,16H,6,10H2,1H3. The molecular weight excluding hydrogens is 212 g/mol. The first kappa shape index (κ1) is 11.2. The third-order valence-corrected chi connectivity index (χ3v) is 2.61. The summed E-state index contributed by atoms with van der Waals surface area (Å²) in [5.41, 5.74) is 2.07. The number of hydrogen-bond acceptors (Lipinski definition) is 3. The van der Waals surface area contributed by atoms with Gasteiger partial charge in [-0.3, -0.25) is 0 Å². The molecule has 86 valence electrons. The van der Waals surface area contributed by atoms with Gasteiger partial charge in [0.1, 0.15) is 5.82 Å². The predicted molar refractivity (Wildman–Crippen MR) is 66.3 cm³/mol. The molecule has 0 spiro atoms. The number of anilines is 1. The van der Waals surface area contributed by atoms with Crippen LogP contribution in [0.4, 0.5) is 5.69 Å². The van der Waals surface area contributed by atoms with Gasteiger partial charge >= 0.3 is 0 Å². The van der Waals surface area contributed by atoms with E-state index in [-0.39, 0.29) is 0 Å². The Morgan fingerprint density at radius 3 is 2.71 bits per heavy atom. The second-order valence-electron chi connectivity index (χ2n) is 3.84. The summed E-state index contributed by atoms with van der Waals surface area (Å²) in [6.45, 7) is 0.696. The molecule has 4 nitrogen and oxygen atoms in total. The number of benzene rings is 1. The maximum Gasteiger partial charge on any atom is 0.127 e. The molecule has 0 saturated heterocycles. The molecule has 0 atom stereocenters. The van der Waals surface area contributed by atoms with Crippen molar-refractivity contribution in [2.24, 2.45) is 7.05 Å². The molecule has 1 aromatic carbocycles. The summed E-state index contributed by atoms with van der Waals surface area (Å²) in [6.07, 6.45) is 4.17. The van der Waals surface area contributed by atoms with E-state index in [0.29, 0.717) is 13.0 Å². The normalized spacial score (nSPS) is 9.88. The van der Waals surface area contributed by atoms with E-state index < -0.39 is 0 Å². The zero-order chi connectivity index (χ0) is 12.1. The first-order valence-corrected chi connectivity index (χ1v) is 5.45. The lowest BCUT2D eigenvalue weighted by Crippen LogP contribution is -2.05. The highest BCUT2D eigenvalue weighted by atomic mass is 15.1. The quantitative estimate of drug-likeness (QED) is 0.868. The van der Waals surface area contributed by atoms with Gasteiger partial charge in [0.2, 0.25) is 0 Å². The third kappa shape index (κ3) is 2.85. The summed E-state index contributed by atoms with van der Waals surface area (Å²) in [5.74, 6) is 0.992. The van der Waals surface area contributed by atoms with E-state index in [1.54, 1.807) is 6.20 Å². The Morgan fingerprint density at radius 1 is 1.35 bits per heavy atom. The molecule has 0 bridgehead atoms. The van der Waals surface area contributed by atoms with Crippen LogP contribution < -0.4 is 5.32 Å². The van der Waals surface area contributed by atoms with Crippen LogP contribution in [-0.2, 0) is 20.0 Å². The first-order chi connectivity index (χ1) is 8.29. The zero-order valence-electron chi connectivity index (χ0n) is 9.72. The maximum atomic E-state index is 8.57. The predicted octanol–water partition coefficient (Wildman–Crippen LogP) is 2.10. The average molecular weight is 226 g/mol. The van der Waals surface area contributed by atoms with Crippen LogP contribution in [-0.4, -0.2) is 9.55 Å². The number of nitriles is 1. The van der Waals surface area contributed by atoms with E-state index in [2.05, 4.69) is 16.4 Å².